The SMILES string of the molecule is CO[C@@H](C)c1c(CC(=O)Cc2cnc(C(=O)O)c(Cl)c2)cnc2cc(F)nn12. The maximum Gasteiger partial charge on any atom is 0.356 e. The highest BCUT2D eigenvalue weighted by molar-refractivity contribution is 6.33. The average molecular weight is 407 g/mol. The van der Waals surface area contributed by atoms with Crippen LogP contribution in [-0.4, -0.2) is 43.6 Å². The Balaban J connectivity index is 1.87. The van der Waals surface area contributed by atoms with Crippen LogP contribution in [0.5, 0.6) is 0 Å². The molecule has 3 aromatic rings. The Labute approximate surface area is 163 Å². The number of aromatic nitrogens is 4. The van der Waals surface area contributed by atoms with Crippen LogP contribution < -0.4 is 0 Å². The fourth-order valence-corrected chi connectivity index (χ4v) is 3.14. The summed E-state index contributed by atoms with van der Waals surface area (Å²) in [5.41, 5.74) is 1.61. The van der Waals surface area contributed by atoms with Crippen LogP contribution in [0.3, 0.4) is 0 Å². The topological polar surface area (TPSA) is 107 Å². The van der Waals surface area contributed by atoms with E-state index in [4.69, 9.17) is 21.4 Å². The normalized spacial score (nSPS) is 12.3. The van der Waals surface area contributed by atoms with Crippen molar-refractivity contribution in [3.05, 3.63) is 58.0 Å². The molecule has 3 heterocycles. The van der Waals surface area contributed by atoms with Gasteiger partial charge in [-0.1, -0.05) is 11.6 Å². The maximum absolute atomic E-state index is 13.5. The van der Waals surface area contributed by atoms with E-state index in [1.807, 2.05) is 0 Å². The first-order chi connectivity index (χ1) is 13.3. The third-order valence-corrected chi connectivity index (χ3v) is 4.49. The molecule has 28 heavy (non-hydrogen) atoms. The van der Waals surface area contributed by atoms with Crippen molar-refractivity contribution in [1.29, 1.82) is 0 Å². The van der Waals surface area contributed by atoms with E-state index in [0.717, 1.165) is 0 Å². The Morgan fingerprint density at radius 3 is 2.68 bits per heavy atom. The van der Waals surface area contributed by atoms with Crippen molar-refractivity contribution in [2.45, 2.75) is 25.9 Å². The minimum Gasteiger partial charge on any atom is -0.476 e. The van der Waals surface area contributed by atoms with Crippen LogP contribution in [-0.2, 0) is 22.4 Å². The van der Waals surface area contributed by atoms with E-state index < -0.39 is 18.0 Å². The highest BCUT2D eigenvalue weighted by Gasteiger charge is 2.20. The Kier molecular flexibility index (Phi) is 5.66. The summed E-state index contributed by atoms with van der Waals surface area (Å²) in [6, 6.07) is 2.59. The first-order valence-electron chi connectivity index (χ1n) is 8.25. The summed E-state index contributed by atoms with van der Waals surface area (Å²) in [6.07, 6.45) is 2.36. The van der Waals surface area contributed by atoms with Gasteiger partial charge in [-0.25, -0.2) is 19.3 Å². The Hall–Kier alpha value is -2.91. The number of ether oxygens (including phenoxy) is 1. The zero-order valence-electron chi connectivity index (χ0n) is 15.0. The molecule has 3 rings (SSSR count). The van der Waals surface area contributed by atoms with Crippen LogP contribution in [0.2, 0.25) is 5.02 Å². The van der Waals surface area contributed by atoms with Gasteiger partial charge in [-0.3, -0.25) is 4.79 Å². The standard InChI is InChI=1S/C18H16ClFN4O4/c1-9(28-2)17-11(8-21-15-6-14(20)23-24(15)17)5-12(25)3-10-4-13(19)16(18(26)27)22-7-10/h4,6-9H,3,5H2,1-2H3,(H,26,27)/t9-/m0/s1. The van der Waals surface area contributed by atoms with Crippen molar-refractivity contribution in [1.82, 2.24) is 19.6 Å². The largest absolute Gasteiger partial charge is 0.476 e. The van der Waals surface area contributed by atoms with E-state index in [9.17, 15) is 14.0 Å². The number of fused-ring (bicyclic) bond motifs is 1. The van der Waals surface area contributed by atoms with Crippen molar-refractivity contribution in [3.63, 3.8) is 0 Å². The zero-order chi connectivity index (χ0) is 20.4. The molecule has 0 saturated heterocycles. The van der Waals surface area contributed by atoms with Gasteiger partial charge in [0.25, 0.3) is 0 Å². The summed E-state index contributed by atoms with van der Waals surface area (Å²) in [6.45, 7) is 1.76. The second-order valence-electron chi connectivity index (χ2n) is 6.16. The number of carbonyl (C=O) groups is 2. The number of aromatic carboxylic acids is 1. The molecule has 0 aliphatic rings. The van der Waals surface area contributed by atoms with Crippen molar-refractivity contribution in [2.24, 2.45) is 0 Å². The zero-order valence-corrected chi connectivity index (χ0v) is 15.8. The van der Waals surface area contributed by atoms with Gasteiger partial charge >= 0.3 is 5.97 Å². The van der Waals surface area contributed by atoms with Crippen LogP contribution in [0.25, 0.3) is 5.65 Å². The number of hydrogen-bond acceptors (Lipinski definition) is 6. The monoisotopic (exact) mass is 406 g/mol. The number of carbonyl (C=O) groups excluding carboxylic acids is 1. The molecule has 0 saturated carbocycles. The van der Waals surface area contributed by atoms with Crippen molar-refractivity contribution >= 4 is 29.0 Å². The van der Waals surface area contributed by atoms with Gasteiger partial charge in [0, 0.05) is 44.0 Å². The molecule has 3 aromatic heterocycles. The van der Waals surface area contributed by atoms with Gasteiger partial charge in [0.2, 0.25) is 5.95 Å². The van der Waals surface area contributed by atoms with Crippen LogP contribution >= 0.6 is 11.6 Å². The third-order valence-electron chi connectivity index (χ3n) is 4.20. The number of halogens is 2. The first-order valence-corrected chi connectivity index (χ1v) is 8.63. The molecule has 0 aliphatic carbocycles. The van der Waals surface area contributed by atoms with Gasteiger partial charge in [0.1, 0.15) is 5.78 Å². The number of methoxy groups -OCH3 is 1. The molecule has 8 nitrogen and oxygen atoms in total. The van der Waals surface area contributed by atoms with Gasteiger partial charge in [0.05, 0.1) is 16.8 Å². The van der Waals surface area contributed by atoms with Crippen LogP contribution in [0, 0.1) is 5.95 Å². The fourth-order valence-electron chi connectivity index (χ4n) is 2.87. The molecule has 10 heteroatoms. The highest BCUT2D eigenvalue weighted by Crippen LogP contribution is 2.23. The van der Waals surface area contributed by atoms with Crippen molar-refractivity contribution in [2.75, 3.05) is 7.11 Å². The van der Waals surface area contributed by atoms with Gasteiger partial charge in [-0.15, -0.1) is 5.10 Å². The molecule has 0 spiro atoms. The molecule has 146 valence electrons. The molecule has 0 aliphatic heterocycles. The number of hydrogen-bond donors (Lipinski definition) is 1. The van der Waals surface area contributed by atoms with Gasteiger partial charge in [-0.2, -0.15) is 4.39 Å². The number of ketones is 1. The van der Waals surface area contributed by atoms with Gasteiger partial charge in [-0.05, 0) is 18.6 Å². The Bertz CT molecular complexity index is 1070. The fraction of sp³-hybridized carbons (Fsp3) is 0.278. The highest BCUT2D eigenvalue weighted by atomic mass is 35.5. The number of nitrogens with zero attached hydrogens (tertiary/aromatic N) is 4. The maximum atomic E-state index is 13.5. The molecule has 0 amide bonds. The molecule has 1 atom stereocenters. The van der Waals surface area contributed by atoms with Crippen LogP contribution in [0.1, 0.15) is 40.3 Å². The number of carboxylic acids is 1. The molecule has 0 radical (unpaired) electrons. The molecular formula is C18H16ClFN4O4. The number of pyridine rings is 1. The molecule has 1 N–H and O–H groups in total. The minimum atomic E-state index is -1.24. The quantitative estimate of drug-likeness (QED) is 0.642. The number of Topliss-reactive ketones (excluding diaryl/α,β-unsaturated/α-hetero) is 1. The minimum absolute atomic E-state index is 0.00106. The number of carboxylic acid groups (broad SMARTS) is 1. The summed E-state index contributed by atoms with van der Waals surface area (Å²) >= 11 is 5.89. The van der Waals surface area contributed by atoms with E-state index in [1.54, 1.807) is 6.92 Å². The van der Waals surface area contributed by atoms with E-state index in [0.29, 0.717) is 22.5 Å². The molecule has 0 aromatic carbocycles. The molecule has 0 fully saturated rings. The summed E-state index contributed by atoms with van der Waals surface area (Å²) in [5.74, 6) is -2.11. The van der Waals surface area contributed by atoms with Crippen molar-refractivity contribution < 1.29 is 23.8 Å². The second-order valence-corrected chi connectivity index (χ2v) is 6.56. The van der Waals surface area contributed by atoms with E-state index in [2.05, 4.69) is 15.1 Å². The van der Waals surface area contributed by atoms with E-state index in [-0.39, 0.29) is 29.3 Å². The third kappa shape index (κ3) is 4.00. The summed E-state index contributed by atoms with van der Waals surface area (Å²) < 4.78 is 20.2. The van der Waals surface area contributed by atoms with E-state index in [1.165, 1.54) is 36.2 Å². The smallest absolute Gasteiger partial charge is 0.356 e. The van der Waals surface area contributed by atoms with Gasteiger partial charge in [0.15, 0.2) is 11.3 Å². The summed E-state index contributed by atoms with van der Waals surface area (Å²) in [7, 11) is 1.50. The number of rotatable bonds is 7. The van der Waals surface area contributed by atoms with Crippen LogP contribution in [0.4, 0.5) is 4.39 Å². The predicted octanol–water partition coefficient (Wildman–Crippen LogP) is 2.68. The Morgan fingerprint density at radius 1 is 1.29 bits per heavy atom. The lowest BCUT2D eigenvalue weighted by Gasteiger charge is -2.16. The lowest BCUT2D eigenvalue weighted by molar-refractivity contribution is -0.117. The van der Waals surface area contributed by atoms with Crippen LogP contribution in [0.15, 0.2) is 24.5 Å². The second kappa shape index (κ2) is 7.99. The molecular weight excluding hydrogens is 391 g/mol. The summed E-state index contributed by atoms with van der Waals surface area (Å²) in [4.78, 5) is 31.4. The first kappa shape index (κ1) is 19.8. The van der Waals surface area contributed by atoms with Crippen molar-refractivity contribution in [3.8, 4) is 0 Å². The van der Waals surface area contributed by atoms with Gasteiger partial charge < -0.3 is 9.84 Å². The predicted molar refractivity (Wildman–Crippen MR) is 97.0 cm³/mol. The summed E-state index contributed by atoms with van der Waals surface area (Å²) in [5, 5.41) is 12.7. The average Bonchev–Trinajstić information content (AvgIpc) is 3.00. The Morgan fingerprint density at radius 2 is 2.04 bits per heavy atom. The lowest BCUT2D eigenvalue weighted by Crippen LogP contribution is -2.15. The molecule has 0 bridgehead atoms. The molecule has 0 unspecified atom stereocenters. The lowest BCUT2D eigenvalue weighted by atomic mass is 10.0. The van der Waals surface area contributed by atoms with E-state index >= 15 is 0 Å².